The number of ether oxygens (including phenoxy) is 1. The van der Waals surface area contributed by atoms with Crippen molar-refractivity contribution in [2.75, 3.05) is 26.0 Å². The summed E-state index contributed by atoms with van der Waals surface area (Å²) in [6.45, 7) is -0.886. The molecule has 5 nitrogen and oxygen atoms in total. The van der Waals surface area contributed by atoms with E-state index in [1.807, 2.05) is 0 Å². The Morgan fingerprint density at radius 1 is 1.52 bits per heavy atom. The zero-order chi connectivity index (χ0) is 16.2. The summed E-state index contributed by atoms with van der Waals surface area (Å²) >= 11 is 5.89. The van der Waals surface area contributed by atoms with E-state index in [4.69, 9.17) is 21.4 Å². The summed E-state index contributed by atoms with van der Waals surface area (Å²) in [6, 6.07) is 3.60. The van der Waals surface area contributed by atoms with Crippen LogP contribution in [0.2, 0.25) is 5.02 Å². The van der Waals surface area contributed by atoms with Gasteiger partial charge in [-0.2, -0.15) is 13.2 Å². The van der Waals surface area contributed by atoms with Gasteiger partial charge in [0, 0.05) is 13.1 Å². The molecule has 2 N–H and O–H groups in total. The molecule has 0 saturated carbocycles. The fourth-order valence-corrected chi connectivity index (χ4v) is 1.60. The minimum atomic E-state index is -4.79. The number of amides is 2. The number of nitrogens with one attached hydrogen (secondary N) is 1. The number of benzene rings is 1. The zero-order valence-corrected chi connectivity index (χ0v) is 12.0. The van der Waals surface area contributed by atoms with Gasteiger partial charge in [-0.1, -0.05) is 11.6 Å². The van der Waals surface area contributed by atoms with Gasteiger partial charge in [0.25, 0.3) is 0 Å². The van der Waals surface area contributed by atoms with Crippen molar-refractivity contribution in [1.82, 2.24) is 4.90 Å². The van der Waals surface area contributed by atoms with Crippen molar-refractivity contribution in [2.24, 2.45) is 0 Å². The molecule has 0 aromatic heterocycles. The Morgan fingerprint density at radius 2 is 2.14 bits per heavy atom. The molecule has 1 aromatic carbocycles. The Hall–Kier alpha value is -1.67. The first-order valence-corrected chi connectivity index (χ1v) is 6.13. The first-order chi connectivity index (χ1) is 9.65. The van der Waals surface area contributed by atoms with Gasteiger partial charge in [0.1, 0.15) is 5.75 Å². The number of halogens is 4. The summed E-state index contributed by atoms with van der Waals surface area (Å²) in [5.41, 5.74) is 0.218. The lowest BCUT2D eigenvalue weighted by molar-refractivity contribution is -0.205. The highest BCUT2D eigenvalue weighted by molar-refractivity contribution is 6.33. The van der Waals surface area contributed by atoms with Crippen molar-refractivity contribution < 1.29 is 27.8 Å². The van der Waals surface area contributed by atoms with Gasteiger partial charge in [0.2, 0.25) is 0 Å². The molecule has 0 saturated heterocycles. The normalized spacial score (nSPS) is 12.7. The van der Waals surface area contributed by atoms with Crippen LogP contribution in [0, 0.1) is 0 Å². The second-order valence-electron chi connectivity index (χ2n) is 4.21. The monoisotopic (exact) mass is 326 g/mol. The maximum Gasteiger partial charge on any atom is 0.416 e. The van der Waals surface area contributed by atoms with Crippen molar-refractivity contribution in [3.63, 3.8) is 0 Å². The van der Waals surface area contributed by atoms with Gasteiger partial charge < -0.3 is 20.1 Å². The number of hydrogen-bond donors (Lipinski definition) is 2. The summed E-state index contributed by atoms with van der Waals surface area (Å²) in [6.07, 6.45) is -7.40. The van der Waals surface area contributed by atoms with Crippen LogP contribution in [-0.2, 0) is 0 Å². The van der Waals surface area contributed by atoms with Gasteiger partial charge in [0.15, 0.2) is 6.10 Å². The smallest absolute Gasteiger partial charge is 0.416 e. The highest BCUT2D eigenvalue weighted by Gasteiger charge is 2.39. The number of alkyl halides is 3. The van der Waals surface area contributed by atoms with E-state index in [0.717, 1.165) is 7.05 Å². The van der Waals surface area contributed by atoms with Crippen LogP contribution in [0.3, 0.4) is 0 Å². The summed E-state index contributed by atoms with van der Waals surface area (Å²) < 4.78 is 41.5. The molecule has 0 aliphatic heterocycles. The largest absolute Gasteiger partial charge is 0.497 e. The van der Waals surface area contributed by atoms with Gasteiger partial charge in [-0.05, 0) is 12.1 Å². The SMILES string of the molecule is COc1ccc(NC(=O)N(C)CC(O)C(F)(F)F)c(Cl)c1. The predicted molar refractivity (Wildman–Crippen MR) is 71.7 cm³/mol. The van der Waals surface area contributed by atoms with E-state index in [0.29, 0.717) is 10.6 Å². The molecule has 0 aliphatic rings. The molecule has 1 rings (SSSR count). The average molecular weight is 327 g/mol. The molecule has 0 spiro atoms. The minimum Gasteiger partial charge on any atom is -0.497 e. The first-order valence-electron chi connectivity index (χ1n) is 5.75. The van der Waals surface area contributed by atoms with Crippen LogP contribution in [0.25, 0.3) is 0 Å². The van der Waals surface area contributed by atoms with Crippen LogP contribution in [0.4, 0.5) is 23.7 Å². The van der Waals surface area contributed by atoms with Crippen LogP contribution < -0.4 is 10.1 Å². The fraction of sp³-hybridized carbons (Fsp3) is 0.417. The van der Waals surface area contributed by atoms with Crippen LogP contribution in [0.5, 0.6) is 5.75 Å². The van der Waals surface area contributed by atoms with Crippen LogP contribution in [0.1, 0.15) is 0 Å². The second kappa shape index (κ2) is 6.86. The van der Waals surface area contributed by atoms with Gasteiger partial charge in [-0.25, -0.2) is 4.79 Å². The van der Waals surface area contributed by atoms with Gasteiger partial charge >= 0.3 is 12.2 Å². The van der Waals surface area contributed by atoms with Crippen LogP contribution in [0.15, 0.2) is 18.2 Å². The first kappa shape index (κ1) is 17.4. The van der Waals surface area contributed by atoms with Crippen molar-refractivity contribution in [1.29, 1.82) is 0 Å². The third-order valence-corrected chi connectivity index (χ3v) is 2.90. The Labute approximate surface area is 124 Å². The van der Waals surface area contributed by atoms with E-state index in [2.05, 4.69) is 5.32 Å². The quantitative estimate of drug-likeness (QED) is 0.894. The molecule has 0 radical (unpaired) electrons. The number of aliphatic hydroxyl groups is 1. The second-order valence-corrected chi connectivity index (χ2v) is 4.62. The van der Waals surface area contributed by atoms with Crippen molar-refractivity contribution in [3.05, 3.63) is 23.2 Å². The molecule has 0 fully saturated rings. The average Bonchev–Trinajstić information content (AvgIpc) is 2.39. The summed E-state index contributed by atoms with van der Waals surface area (Å²) in [4.78, 5) is 12.4. The molecule has 1 unspecified atom stereocenters. The highest BCUT2D eigenvalue weighted by atomic mass is 35.5. The number of hydrogen-bond acceptors (Lipinski definition) is 3. The Bertz CT molecular complexity index is 511. The van der Waals surface area contributed by atoms with Gasteiger partial charge in [0.05, 0.1) is 24.4 Å². The zero-order valence-electron chi connectivity index (χ0n) is 11.2. The van der Waals surface area contributed by atoms with E-state index in [9.17, 15) is 18.0 Å². The lowest BCUT2D eigenvalue weighted by Gasteiger charge is -2.23. The van der Waals surface area contributed by atoms with Crippen LogP contribution >= 0.6 is 11.6 Å². The molecule has 2 amide bonds. The molecule has 0 heterocycles. The predicted octanol–water partition coefficient (Wildman–Crippen LogP) is 2.74. The minimum absolute atomic E-state index is 0.174. The van der Waals surface area contributed by atoms with Crippen molar-refractivity contribution in [2.45, 2.75) is 12.3 Å². The number of carbonyl (C=O) groups is 1. The Balaban J connectivity index is 2.68. The van der Waals surface area contributed by atoms with Gasteiger partial charge in [-0.3, -0.25) is 0 Å². The number of urea groups is 1. The van der Waals surface area contributed by atoms with E-state index in [-0.39, 0.29) is 10.7 Å². The number of nitrogens with zero attached hydrogens (tertiary/aromatic N) is 1. The van der Waals surface area contributed by atoms with Crippen molar-refractivity contribution >= 4 is 23.3 Å². The molecule has 0 bridgehead atoms. The third kappa shape index (κ3) is 4.98. The molecule has 21 heavy (non-hydrogen) atoms. The third-order valence-electron chi connectivity index (χ3n) is 2.59. The van der Waals surface area contributed by atoms with E-state index < -0.39 is 24.9 Å². The maximum atomic E-state index is 12.2. The Kier molecular flexibility index (Phi) is 5.68. The molecular weight excluding hydrogens is 313 g/mol. The number of aliphatic hydroxyl groups excluding tert-OH is 1. The lowest BCUT2D eigenvalue weighted by Crippen LogP contribution is -2.43. The van der Waals surface area contributed by atoms with Crippen molar-refractivity contribution in [3.8, 4) is 5.75 Å². The maximum absolute atomic E-state index is 12.2. The summed E-state index contributed by atoms with van der Waals surface area (Å²) in [5, 5.41) is 11.4. The Morgan fingerprint density at radius 3 is 2.62 bits per heavy atom. The van der Waals surface area contributed by atoms with E-state index in [1.165, 1.54) is 25.3 Å². The van der Waals surface area contributed by atoms with Gasteiger partial charge in [-0.15, -0.1) is 0 Å². The van der Waals surface area contributed by atoms with Crippen LogP contribution in [-0.4, -0.2) is 49.0 Å². The molecule has 118 valence electrons. The number of methoxy groups -OCH3 is 1. The van der Waals surface area contributed by atoms with E-state index in [1.54, 1.807) is 0 Å². The summed E-state index contributed by atoms with van der Waals surface area (Å²) in [5.74, 6) is 0.471. The number of carbonyl (C=O) groups excluding carboxylic acids is 1. The topological polar surface area (TPSA) is 61.8 Å². The molecule has 9 heteroatoms. The standard InChI is InChI=1S/C12H14ClF3N2O3/c1-18(6-10(19)12(14,15)16)11(20)17-9-4-3-7(21-2)5-8(9)13/h3-5,10,19H,6H2,1-2H3,(H,17,20). The molecule has 1 atom stereocenters. The molecular formula is C12H14ClF3N2O3. The number of rotatable bonds is 4. The van der Waals surface area contributed by atoms with E-state index >= 15 is 0 Å². The molecule has 1 aromatic rings. The molecule has 0 aliphatic carbocycles. The summed E-state index contributed by atoms with van der Waals surface area (Å²) in [7, 11) is 2.57. The number of anilines is 1. The fourth-order valence-electron chi connectivity index (χ4n) is 1.38. The lowest BCUT2D eigenvalue weighted by atomic mass is 10.3. The highest BCUT2D eigenvalue weighted by Crippen LogP contribution is 2.27. The number of likely N-dealkylation sites (N-methyl/N-ethyl adjacent to an activating group) is 1.